The fraction of sp³-hybridized carbons (Fsp3) is 0.118. The molecule has 0 saturated heterocycles. The Balaban J connectivity index is 1.77. The van der Waals surface area contributed by atoms with Crippen LogP contribution < -0.4 is 5.32 Å². The van der Waals surface area contributed by atoms with E-state index in [9.17, 15) is 0 Å². The number of rotatable bonds is 3. The first-order chi connectivity index (χ1) is 9.70. The van der Waals surface area contributed by atoms with Gasteiger partial charge in [0.2, 0.25) is 0 Å². The zero-order chi connectivity index (χ0) is 13.9. The van der Waals surface area contributed by atoms with Crippen molar-refractivity contribution >= 4 is 39.2 Å². The Bertz CT molecular complexity index is 736. The second kappa shape index (κ2) is 5.79. The Morgan fingerprint density at radius 2 is 1.80 bits per heavy atom. The molecule has 0 aliphatic carbocycles. The minimum Gasteiger partial charge on any atom is -0.381 e. The van der Waals surface area contributed by atoms with Crippen LogP contribution in [-0.4, -0.2) is 4.98 Å². The highest BCUT2D eigenvalue weighted by atomic mass is 127. The first-order valence-electron chi connectivity index (χ1n) is 6.56. The monoisotopic (exact) mass is 374 g/mol. The van der Waals surface area contributed by atoms with Gasteiger partial charge in [0.25, 0.3) is 0 Å². The van der Waals surface area contributed by atoms with Crippen molar-refractivity contribution in [3.05, 3.63) is 69.4 Å². The number of benzene rings is 2. The zero-order valence-corrected chi connectivity index (χ0v) is 13.4. The van der Waals surface area contributed by atoms with E-state index in [-0.39, 0.29) is 0 Å². The fourth-order valence-corrected chi connectivity index (χ4v) is 2.52. The van der Waals surface area contributed by atoms with Crippen LogP contribution in [-0.2, 0) is 6.54 Å². The standard InChI is InChI=1S/C17H15IN2/c1-12-2-4-14-10-13(3-9-17(14)20-12)11-19-16-7-5-15(18)6-8-16/h2-10,19H,11H2,1H3. The quantitative estimate of drug-likeness (QED) is 0.669. The Morgan fingerprint density at radius 1 is 1.00 bits per heavy atom. The van der Waals surface area contributed by atoms with E-state index in [2.05, 4.69) is 87.5 Å². The van der Waals surface area contributed by atoms with E-state index in [4.69, 9.17) is 0 Å². The van der Waals surface area contributed by atoms with E-state index in [0.29, 0.717) is 0 Å². The average molecular weight is 374 g/mol. The van der Waals surface area contributed by atoms with Gasteiger partial charge in [-0.15, -0.1) is 0 Å². The topological polar surface area (TPSA) is 24.9 Å². The third-order valence-corrected chi connectivity index (χ3v) is 3.95. The summed E-state index contributed by atoms with van der Waals surface area (Å²) in [5.41, 5.74) is 4.53. The molecule has 1 N–H and O–H groups in total. The van der Waals surface area contributed by atoms with E-state index >= 15 is 0 Å². The summed E-state index contributed by atoms with van der Waals surface area (Å²) in [7, 11) is 0. The average Bonchev–Trinajstić information content (AvgIpc) is 2.46. The molecule has 2 nitrogen and oxygen atoms in total. The Labute approximate surface area is 132 Å². The van der Waals surface area contributed by atoms with Gasteiger partial charge in [-0.1, -0.05) is 12.1 Å². The van der Waals surface area contributed by atoms with Crippen LogP contribution in [0.2, 0.25) is 0 Å². The van der Waals surface area contributed by atoms with Gasteiger partial charge in [0.15, 0.2) is 0 Å². The maximum atomic E-state index is 4.52. The molecule has 0 radical (unpaired) electrons. The summed E-state index contributed by atoms with van der Waals surface area (Å²) >= 11 is 2.31. The van der Waals surface area contributed by atoms with Crippen molar-refractivity contribution in [3.8, 4) is 0 Å². The normalized spacial score (nSPS) is 10.7. The molecule has 2 aromatic carbocycles. The molecule has 0 aliphatic heterocycles. The molecule has 3 heteroatoms. The summed E-state index contributed by atoms with van der Waals surface area (Å²) in [4.78, 5) is 4.52. The second-order valence-electron chi connectivity index (χ2n) is 4.84. The summed E-state index contributed by atoms with van der Waals surface area (Å²) in [6.07, 6.45) is 0. The van der Waals surface area contributed by atoms with Crippen molar-refractivity contribution in [1.29, 1.82) is 0 Å². The smallest absolute Gasteiger partial charge is 0.0705 e. The molecule has 0 spiro atoms. The van der Waals surface area contributed by atoms with Crippen LogP contribution in [0.5, 0.6) is 0 Å². The van der Waals surface area contributed by atoms with Crippen molar-refractivity contribution in [2.45, 2.75) is 13.5 Å². The minimum atomic E-state index is 0.824. The van der Waals surface area contributed by atoms with Crippen molar-refractivity contribution in [2.75, 3.05) is 5.32 Å². The maximum absolute atomic E-state index is 4.52. The van der Waals surface area contributed by atoms with E-state index in [1.165, 1.54) is 14.5 Å². The number of fused-ring (bicyclic) bond motifs is 1. The van der Waals surface area contributed by atoms with Gasteiger partial charge in [-0.25, -0.2) is 0 Å². The van der Waals surface area contributed by atoms with Crippen LogP contribution in [0, 0.1) is 10.5 Å². The molecular weight excluding hydrogens is 359 g/mol. The second-order valence-corrected chi connectivity index (χ2v) is 6.09. The van der Waals surface area contributed by atoms with Crippen molar-refractivity contribution in [1.82, 2.24) is 4.98 Å². The molecule has 0 bridgehead atoms. The molecule has 3 aromatic rings. The number of hydrogen-bond acceptors (Lipinski definition) is 2. The zero-order valence-electron chi connectivity index (χ0n) is 11.2. The van der Waals surface area contributed by atoms with Crippen LogP contribution in [0.25, 0.3) is 10.9 Å². The van der Waals surface area contributed by atoms with E-state index < -0.39 is 0 Å². The van der Waals surface area contributed by atoms with Crippen LogP contribution in [0.1, 0.15) is 11.3 Å². The van der Waals surface area contributed by atoms with Gasteiger partial charge in [0.05, 0.1) is 5.52 Å². The number of aromatic nitrogens is 1. The third kappa shape index (κ3) is 3.10. The molecule has 20 heavy (non-hydrogen) atoms. The molecule has 0 amide bonds. The predicted octanol–water partition coefficient (Wildman–Crippen LogP) is 4.76. The highest BCUT2D eigenvalue weighted by molar-refractivity contribution is 14.1. The predicted molar refractivity (Wildman–Crippen MR) is 93.0 cm³/mol. The molecule has 100 valence electrons. The fourth-order valence-electron chi connectivity index (χ4n) is 2.16. The SMILES string of the molecule is Cc1ccc2cc(CNc3ccc(I)cc3)ccc2n1. The van der Waals surface area contributed by atoms with E-state index in [1.807, 2.05) is 6.92 Å². The van der Waals surface area contributed by atoms with Crippen LogP contribution in [0.4, 0.5) is 5.69 Å². The Kier molecular flexibility index (Phi) is 3.87. The highest BCUT2D eigenvalue weighted by Gasteiger charge is 1.99. The lowest BCUT2D eigenvalue weighted by molar-refractivity contribution is 1.15. The molecule has 0 unspecified atom stereocenters. The Hall–Kier alpha value is -1.62. The van der Waals surface area contributed by atoms with Crippen LogP contribution >= 0.6 is 22.6 Å². The molecule has 0 fully saturated rings. The lowest BCUT2D eigenvalue weighted by Gasteiger charge is -2.08. The first kappa shape index (κ1) is 13.4. The van der Waals surface area contributed by atoms with Gasteiger partial charge in [0.1, 0.15) is 0 Å². The maximum Gasteiger partial charge on any atom is 0.0705 e. The summed E-state index contributed by atoms with van der Waals surface area (Å²) in [5.74, 6) is 0. The molecule has 1 heterocycles. The third-order valence-electron chi connectivity index (χ3n) is 3.23. The molecule has 0 saturated carbocycles. The summed E-state index contributed by atoms with van der Waals surface area (Å²) in [5, 5.41) is 4.63. The van der Waals surface area contributed by atoms with Gasteiger partial charge in [-0.3, -0.25) is 4.98 Å². The number of halogens is 1. The lowest BCUT2D eigenvalue weighted by Crippen LogP contribution is -1.99. The number of hydrogen-bond donors (Lipinski definition) is 1. The molecule has 1 aromatic heterocycles. The van der Waals surface area contributed by atoms with Crippen molar-refractivity contribution in [3.63, 3.8) is 0 Å². The van der Waals surface area contributed by atoms with Crippen molar-refractivity contribution in [2.24, 2.45) is 0 Å². The number of pyridine rings is 1. The Morgan fingerprint density at radius 3 is 2.60 bits per heavy atom. The van der Waals surface area contributed by atoms with Crippen LogP contribution in [0.3, 0.4) is 0 Å². The van der Waals surface area contributed by atoms with E-state index in [0.717, 1.165) is 23.4 Å². The van der Waals surface area contributed by atoms with Crippen LogP contribution in [0.15, 0.2) is 54.6 Å². The first-order valence-corrected chi connectivity index (χ1v) is 7.64. The molecular formula is C17H15IN2. The number of nitrogens with zero attached hydrogens (tertiary/aromatic N) is 1. The summed E-state index contributed by atoms with van der Waals surface area (Å²) < 4.78 is 1.25. The molecule has 0 aliphatic rings. The summed E-state index contributed by atoms with van der Waals surface area (Å²) in [6, 6.07) is 19.0. The van der Waals surface area contributed by atoms with Gasteiger partial charge in [-0.2, -0.15) is 0 Å². The lowest BCUT2D eigenvalue weighted by atomic mass is 10.1. The van der Waals surface area contributed by atoms with Gasteiger partial charge in [-0.05, 0) is 77.5 Å². The number of nitrogens with one attached hydrogen (secondary N) is 1. The van der Waals surface area contributed by atoms with Gasteiger partial charge in [0, 0.05) is 26.9 Å². The summed E-state index contributed by atoms with van der Waals surface area (Å²) in [6.45, 7) is 2.84. The van der Waals surface area contributed by atoms with Gasteiger partial charge >= 0.3 is 0 Å². The minimum absolute atomic E-state index is 0.824. The highest BCUT2D eigenvalue weighted by Crippen LogP contribution is 2.17. The van der Waals surface area contributed by atoms with Crippen molar-refractivity contribution < 1.29 is 0 Å². The number of aryl methyl sites for hydroxylation is 1. The largest absolute Gasteiger partial charge is 0.381 e. The molecule has 3 rings (SSSR count). The van der Waals surface area contributed by atoms with E-state index in [1.54, 1.807) is 0 Å². The van der Waals surface area contributed by atoms with Gasteiger partial charge < -0.3 is 5.32 Å². The number of anilines is 1. The molecule has 0 atom stereocenters.